The zero-order valence-electron chi connectivity index (χ0n) is 26.9. The van der Waals surface area contributed by atoms with Crippen molar-refractivity contribution in [3.63, 3.8) is 0 Å². The number of cyclic esters (lactones) is 2. The van der Waals surface area contributed by atoms with Gasteiger partial charge in [0.25, 0.3) is 0 Å². The molecule has 0 bridgehead atoms. The monoisotopic (exact) mass is 662 g/mol. The lowest BCUT2D eigenvalue weighted by Gasteiger charge is -2.33. The Morgan fingerprint density at radius 1 is 0.333 bits per heavy atom. The molecule has 0 atom stereocenters. The smallest absolute Gasteiger partial charge is 0.346 e. The number of carbonyl (C=O) groups excluding carboxylic acids is 2. The number of benzene rings is 7. The Morgan fingerprint density at radius 3 is 0.980 bits per heavy atom. The summed E-state index contributed by atoms with van der Waals surface area (Å²) >= 11 is 0. The summed E-state index contributed by atoms with van der Waals surface area (Å²) in [5, 5.41) is 0. The molecule has 10 rings (SSSR count). The molecule has 242 valence electrons. The number of esters is 2. The van der Waals surface area contributed by atoms with E-state index in [-0.39, 0.29) is 11.1 Å². The Bertz CT molecular complexity index is 2290. The zero-order chi connectivity index (χ0) is 34.1. The van der Waals surface area contributed by atoms with Gasteiger partial charge in [-0.3, -0.25) is 0 Å². The molecular weight excluding hydrogens is 636 g/mol. The maximum Gasteiger partial charge on any atom is 0.346 e. The van der Waals surface area contributed by atoms with E-state index in [1.807, 2.05) is 121 Å². The maximum atomic E-state index is 12.7. The van der Waals surface area contributed by atoms with Crippen molar-refractivity contribution < 1.29 is 23.8 Å². The molecule has 3 aliphatic rings. The number of rotatable bonds is 4. The van der Waals surface area contributed by atoms with Crippen LogP contribution in [0.5, 0.6) is 23.0 Å². The quantitative estimate of drug-likeness (QED) is 0.137. The van der Waals surface area contributed by atoms with Gasteiger partial charge in [-0.1, -0.05) is 72.8 Å². The Labute approximate surface area is 293 Å². The van der Waals surface area contributed by atoms with Gasteiger partial charge in [-0.2, -0.15) is 0 Å². The molecule has 51 heavy (non-hydrogen) atoms. The van der Waals surface area contributed by atoms with Crippen LogP contribution < -0.4 is 19.3 Å². The molecule has 7 aromatic rings. The van der Waals surface area contributed by atoms with Gasteiger partial charge in [0.15, 0.2) is 23.0 Å². The molecule has 0 saturated carbocycles. The van der Waals surface area contributed by atoms with Crippen molar-refractivity contribution >= 4 is 46.1 Å². The Hall–Kier alpha value is -7.12. The molecule has 7 nitrogen and oxygen atoms in total. The number of fused-ring (bicyclic) bond motifs is 5. The molecule has 7 heteroatoms. The third-order valence-electron chi connectivity index (χ3n) is 9.52. The Balaban J connectivity index is 1.07. The summed E-state index contributed by atoms with van der Waals surface area (Å²) in [6.07, 6.45) is 0. The number of para-hydroxylation sites is 8. The molecule has 0 amide bonds. The van der Waals surface area contributed by atoms with Gasteiger partial charge in [0, 0.05) is 11.4 Å². The van der Waals surface area contributed by atoms with Crippen molar-refractivity contribution in [2.45, 2.75) is 0 Å². The number of nitrogens with zero attached hydrogens (tertiary/aromatic N) is 2. The first-order valence-electron chi connectivity index (χ1n) is 16.6. The standard InChI is InChI=1S/C44H26N2O5/c47-43-33-25-31(27-17-21-29(22-18-27)45-35-9-1-5-13-39(35)49-40-14-6-2-10-36(40)45)32(26-34(33)44(48)51-43)28-19-23-30(24-20-28)46-37-11-3-7-15-41(37)50-42-16-8-4-12-38(42)46/h1-26H. The predicted molar refractivity (Wildman–Crippen MR) is 197 cm³/mol. The molecule has 0 N–H and O–H groups in total. The van der Waals surface area contributed by atoms with Crippen LogP contribution in [0.1, 0.15) is 20.7 Å². The summed E-state index contributed by atoms with van der Waals surface area (Å²) < 4.78 is 17.4. The van der Waals surface area contributed by atoms with Gasteiger partial charge in [0.2, 0.25) is 0 Å². The first kappa shape index (κ1) is 28.9. The molecule has 7 aromatic carbocycles. The third-order valence-corrected chi connectivity index (χ3v) is 9.52. The minimum Gasteiger partial charge on any atom is -0.453 e. The highest BCUT2D eigenvalue weighted by Gasteiger charge is 2.32. The lowest BCUT2D eigenvalue weighted by Crippen LogP contribution is -2.15. The van der Waals surface area contributed by atoms with E-state index in [4.69, 9.17) is 14.2 Å². The SMILES string of the molecule is O=C1OC(=O)c2cc(-c3ccc(N4c5ccccc5Oc5ccccc54)cc3)c(-c3ccc(N4c5ccccc5Oc5ccccc54)cc3)cc21. The molecule has 0 fully saturated rings. The van der Waals surface area contributed by atoms with Crippen LogP contribution in [-0.4, -0.2) is 11.9 Å². The van der Waals surface area contributed by atoms with Crippen molar-refractivity contribution in [2.75, 3.05) is 9.80 Å². The zero-order valence-corrected chi connectivity index (χ0v) is 26.9. The van der Waals surface area contributed by atoms with Gasteiger partial charge in [0.05, 0.1) is 33.9 Å². The fourth-order valence-corrected chi connectivity index (χ4v) is 7.15. The summed E-state index contributed by atoms with van der Waals surface area (Å²) in [6.45, 7) is 0. The fourth-order valence-electron chi connectivity index (χ4n) is 7.15. The van der Waals surface area contributed by atoms with Gasteiger partial charge < -0.3 is 24.0 Å². The fraction of sp³-hybridized carbons (Fsp3) is 0. The van der Waals surface area contributed by atoms with Gasteiger partial charge in [-0.05, 0) is 107 Å². The topological polar surface area (TPSA) is 68.3 Å². The van der Waals surface area contributed by atoms with Gasteiger partial charge in [-0.15, -0.1) is 0 Å². The van der Waals surface area contributed by atoms with E-state index in [0.29, 0.717) is 0 Å². The average Bonchev–Trinajstić information content (AvgIpc) is 3.47. The summed E-state index contributed by atoms with van der Waals surface area (Å²) in [6, 6.07) is 51.8. The predicted octanol–water partition coefficient (Wildman–Crippen LogP) is 11.5. The highest BCUT2D eigenvalue weighted by molar-refractivity contribution is 6.16. The lowest BCUT2D eigenvalue weighted by atomic mass is 9.90. The summed E-state index contributed by atoms with van der Waals surface area (Å²) in [4.78, 5) is 29.8. The van der Waals surface area contributed by atoms with E-state index in [2.05, 4.69) is 34.1 Å². The Kier molecular flexibility index (Phi) is 6.35. The van der Waals surface area contributed by atoms with Crippen molar-refractivity contribution in [3.05, 3.63) is 169 Å². The van der Waals surface area contributed by atoms with Crippen molar-refractivity contribution in [3.8, 4) is 45.3 Å². The van der Waals surface area contributed by atoms with E-state index in [9.17, 15) is 9.59 Å². The summed E-state index contributed by atoms with van der Waals surface area (Å²) in [7, 11) is 0. The molecule has 0 radical (unpaired) electrons. The number of ether oxygens (including phenoxy) is 3. The first-order chi connectivity index (χ1) is 25.1. The van der Waals surface area contributed by atoms with E-state index in [1.165, 1.54) is 0 Å². The highest BCUT2D eigenvalue weighted by atomic mass is 16.6. The molecular formula is C44H26N2O5. The average molecular weight is 663 g/mol. The van der Waals surface area contributed by atoms with E-state index in [1.54, 1.807) is 12.1 Å². The van der Waals surface area contributed by atoms with Gasteiger partial charge in [-0.25, -0.2) is 9.59 Å². The Morgan fingerprint density at radius 2 is 0.647 bits per heavy atom. The lowest BCUT2D eigenvalue weighted by molar-refractivity contribution is 0.0443. The summed E-state index contributed by atoms with van der Waals surface area (Å²) in [5.41, 5.74) is 9.58. The number of hydrogen-bond donors (Lipinski definition) is 0. The second kappa shape index (κ2) is 11.2. The van der Waals surface area contributed by atoms with Crippen LogP contribution in [-0.2, 0) is 4.74 Å². The van der Waals surface area contributed by atoms with Crippen LogP contribution in [0.3, 0.4) is 0 Å². The molecule has 0 spiro atoms. The summed E-state index contributed by atoms with van der Waals surface area (Å²) in [5.74, 6) is 1.82. The van der Waals surface area contributed by atoms with Gasteiger partial charge >= 0.3 is 11.9 Å². The molecule has 0 aromatic heterocycles. The molecule has 3 aliphatic heterocycles. The molecule has 0 aliphatic carbocycles. The molecule has 3 heterocycles. The van der Waals surface area contributed by atoms with Crippen molar-refractivity contribution in [1.82, 2.24) is 0 Å². The van der Waals surface area contributed by atoms with Crippen LogP contribution >= 0.6 is 0 Å². The van der Waals surface area contributed by atoms with Crippen molar-refractivity contribution in [2.24, 2.45) is 0 Å². The minimum absolute atomic E-state index is 0.261. The van der Waals surface area contributed by atoms with E-state index < -0.39 is 11.9 Å². The second-order valence-electron chi connectivity index (χ2n) is 12.5. The van der Waals surface area contributed by atoms with Crippen molar-refractivity contribution in [1.29, 1.82) is 0 Å². The normalized spacial score (nSPS) is 13.6. The van der Waals surface area contributed by atoms with Gasteiger partial charge in [0.1, 0.15) is 0 Å². The van der Waals surface area contributed by atoms with Crippen LogP contribution in [0.2, 0.25) is 0 Å². The third kappa shape index (κ3) is 4.60. The molecule has 0 unspecified atom stereocenters. The van der Waals surface area contributed by atoms with Crippen LogP contribution in [0.25, 0.3) is 22.3 Å². The highest BCUT2D eigenvalue weighted by Crippen LogP contribution is 2.52. The van der Waals surface area contributed by atoms with E-state index >= 15 is 0 Å². The maximum absolute atomic E-state index is 12.7. The van der Waals surface area contributed by atoms with Crippen LogP contribution in [0, 0.1) is 0 Å². The number of hydrogen-bond acceptors (Lipinski definition) is 7. The first-order valence-corrected chi connectivity index (χ1v) is 16.6. The van der Waals surface area contributed by atoms with Crippen LogP contribution in [0.4, 0.5) is 34.1 Å². The van der Waals surface area contributed by atoms with Crippen LogP contribution in [0.15, 0.2) is 158 Å². The largest absolute Gasteiger partial charge is 0.453 e. The minimum atomic E-state index is -0.638. The number of anilines is 6. The van der Waals surface area contributed by atoms with E-state index in [0.717, 1.165) is 79.4 Å². The second-order valence-corrected chi connectivity index (χ2v) is 12.5. The number of carbonyl (C=O) groups is 2. The molecule has 0 saturated heterocycles.